The molecule has 2 aromatic heterocycles. The maximum Gasteiger partial charge on any atom is 0.338 e. The lowest BCUT2D eigenvalue weighted by molar-refractivity contribution is -0.151. The summed E-state index contributed by atoms with van der Waals surface area (Å²) < 4.78 is 22.8. The summed E-state index contributed by atoms with van der Waals surface area (Å²) in [6, 6.07) is 20.3. The molecule has 0 aliphatic carbocycles. The van der Waals surface area contributed by atoms with Gasteiger partial charge in [0, 0.05) is 52.2 Å². The lowest BCUT2D eigenvalue weighted by atomic mass is 9.71. The van der Waals surface area contributed by atoms with Crippen molar-refractivity contribution < 1.29 is 18.7 Å². The number of ether oxygens (including phenoxy) is 1. The summed E-state index contributed by atoms with van der Waals surface area (Å²) in [6.45, 7) is 5.95. The highest BCUT2D eigenvalue weighted by atomic mass is 19.1. The van der Waals surface area contributed by atoms with Gasteiger partial charge in [-0.1, -0.05) is 36.4 Å². The number of carbonyl (C=O) groups is 2. The Kier molecular flexibility index (Phi) is 4.75. The first-order valence-electron chi connectivity index (χ1n) is 13.2. The number of likely N-dealkylation sites (N-methyl/N-ethyl adjacent to an activating group) is 1. The molecule has 0 bridgehead atoms. The third-order valence-electron chi connectivity index (χ3n) is 8.88. The standard InChI is InChI=1S/C32H28FN3O3/c1-5-39-30(38)32(27-18(2)21-10-6-8-12-24(21)34-27)17-31(23-16-20(33)14-15-26(23)35(4)29(31)37)28-19(3)22-11-7-9-13-25(22)36(28)32/h6-16,34H,5,17H2,1-4H3/t31?,32-/m1/s1. The number of benzene rings is 3. The van der Waals surface area contributed by atoms with Crippen molar-refractivity contribution in [3.05, 3.63) is 101 Å². The van der Waals surface area contributed by atoms with E-state index in [0.29, 0.717) is 22.6 Å². The highest BCUT2D eigenvalue weighted by molar-refractivity contribution is 6.13. The molecule has 196 valence electrons. The zero-order valence-electron chi connectivity index (χ0n) is 22.3. The lowest BCUT2D eigenvalue weighted by Crippen LogP contribution is -2.45. The number of anilines is 1. The Bertz CT molecular complexity index is 1870. The number of carbonyl (C=O) groups excluding carboxylic acids is 2. The van der Waals surface area contributed by atoms with Crippen LogP contribution in [-0.2, 0) is 25.3 Å². The van der Waals surface area contributed by atoms with Crippen LogP contribution in [0.15, 0.2) is 66.7 Å². The van der Waals surface area contributed by atoms with Crippen LogP contribution in [0.25, 0.3) is 21.8 Å². The first-order valence-corrected chi connectivity index (χ1v) is 13.2. The second-order valence-electron chi connectivity index (χ2n) is 10.7. The van der Waals surface area contributed by atoms with E-state index in [9.17, 15) is 14.0 Å². The number of hydrogen-bond acceptors (Lipinski definition) is 3. The van der Waals surface area contributed by atoms with Crippen LogP contribution in [0.5, 0.6) is 0 Å². The van der Waals surface area contributed by atoms with E-state index >= 15 is 0 Å². The van der Waals surface area contributed by atoms with E-state index < -0.39 is 22.7 Å². The number of fused-ring (bicyclic) bond motifs is 7. The van der Waals surface area contributed by atoms with Gasteiger partial charge in [-0.05, 0) is 62.2 Å². The van der Waals surface area contributed by atoms with Crippen molar-refractivity contribution in [3.63, 3.8) is 0 Å². The topological polar surface area (TPSA) is 67.3 Å². The largest absolute Gasteiger partial charge is 0.464 e. The monoisotopic (exact) mass is 521 g/mol. The number of aryl methyl sites for hydroxylation is 2. The molecule has 1 spiro atoms. The molecule has 2 aliphatic rings. The average Bonchev–Trinajstić information content (AvgIpc) is 3.61. The molecule has 6 nitrogen and oxygen atoms in total. The van der Waals surface area contributed by atoms with Crippen LogP contribution in [-0.4, -0.2) is 35.1 Å². The number of halogens is 1. The van der Waals surface area contributed by atoms with Crippen molar-refractivity contribution in [2.24, 2.45) is 0 Å². The van der Waals surface area contributed by atoms with Gasteiger partial charge in [-0.25, -0.2) is 9.18 Å². The summed E-state index contributed by atoms with van der Waals surface area (Å²) in [7, 11) is 1.72. The van der Waals surface area contributed by atoms with Crippen LogP contribution in [0.4, 0.5) is 10.1 Å². The van der Waals surface area contributed by atoms with Crippen LogP contribution in [0, 0.1) is 19.7 Å². The molecule has 0 saturated heterocycles. The molecule has 0 radical (unpaired) electrons. The quantitative estimate of drug-likeness (QED) is 0.303. The third kappa shape index (κ3) is 2.70. The van der Waals surface area contributed by atoms with Crippen molar-refractivity contribution in [2.75, 3.05) is 18.6 Å². The molecule has 5 aromatic rings. The predicted octanol–water partition coefficient (Wildman–Crippen LogP) is 5.85. The van der Waals surface area contributed by atoms with Gasteiger partial charge < -0.3 is 19.2 Å². The maximum absolute atomic E-state index is 14.9. The Balaban J connectivity index is 1.69. The second-order valence-corrected chi connectivity index (χ2v) is 10.7. The lowest BCUT2D eigenvalue weighted by Gasteiger charge is -2.32. The summed E-state index contributed by atoms with van der Waals surface area (Å²) >= 11 is 0. The molecule has 2 atom stereocenters. The van der Waals surface area contributed by atoms with E-state index in [2.05, 4.69) is 4.98 Å². The molecule has 1 N–H and O–H groups in total. The van der Waals surface area contributed by atoms with Crippen LogP contribution in [0.3, 0.4) is 0 Å². The van der Waals surface area contributed by atoms with E-state index in [-0.39, 0.29) is 18.9 Å². The molecular weight excluding hydrogens is 493 g/mol. The Morgan fingerprint density at radius 3 is 2.49 bits per heavy atom. The summed E-state index contributed by atoms with van der Waals surface area (Å²) in [6.07, 6.45) is 0.0765. The fourth-order valence-electron chi connectivity index (χ4n) is 7.32. The molecule has 1 unspecified atom stereocenters. The van der Waals surface area contributed by atoms with Crippen LogP contribution >= 0.6 is 0 Å². The molecule has 3 aromatic carbocycles. The summed E-state index contributed by atoms with van der Waals surface area (Å²) in [5, 5.41) is 1.93. The number of hydrogen-bond donors (Lipinski definition) is 1. The second kappa shape index (κ2) is 7.82. The molecular formula is C32H28FN3O3. The first-order chi connectivity index (χ1) is 18.8. The molecule has 2 aliphatic heterocycles. The Hall–Kier alpha value is -4.39. The zero-order valence-corrected chi connectivity index (χ0v) is 22.3. The Labute approximate surface area is 225 Å². The van der Waals surface area contributed by atoms with Gasteiger partial charge in [0.2, 0.25) is 5.91 Å². The molecule has 4 heterocycles. The summed E-state index contributed by atoms with van der Waals surface area (Å²) in [4.78, 5) is 34.1. The van der Waals surface area contributed by atoms with E-state index in [0.717, 1.165) is 32.9 Å². The van der Waals surface area contributed by atoms with Gasteiger partial charge in [0.1, 0.15) is 11.2 Å². The highest BCUT2D eigenvalue weighted by Crippen LogP contribution is 2.61. The number of aromatic amines is 1. The molecule has 1 amide bonds. The molecule has 39 heavy (non-hydrogen) atoms. The summed E-state index contributed by atoms with van der Waals surface area (Å²) in [5.74, 6) is -1.05. The number of nitrogens with one attached hydrogen (secondary N) is 1. The van der Waals surface area contributed by atoms with Gasteiger partial charge in [0.25, 0.3) is 0 Å². The first kappa shape index (κ1) is 23.7. The van der Waals surface area contributed by atoms with Crippen molar-refractivity contribution in [1.29, 1.82) is 0 Å². The van der Waals surface area contributed by atoms with Crippen molar-refractivity contribution in [1.82, 2.24) is 9.55 Å². The van der Waals surface area contributed by atoms with Crippen LogP contribution in [0.1, 0.15) is 41.4 Å². The minimum Gasteiger partial charge on any atom is -0.464 e. The SMILES string of the molecule is CCOC(=O)[C@]1(c2[nH]c3ccccc3c2C)CC2(C(=O)N(C)c3ccc(F)cc32)c2c(C)c3ccccc3n21. The van der Waals surface area contributed by atoms with E-state index in [1.165, 1.54) is 12.1 Å². The molecule has 7 rings (SSSR count). The minimum absolute atomic E-state index is 0.0765. The fraction of sp³-hybridized carbons (Fsp3) is 0.250. The number of aromatic nitrogens is 2. The van der Waals surface area contributed by atoms with Gasteiger partial charge in [-0.2, -0.15) is 0 Å². The number of nitrogens with zero attached hydrogens (tertiary/aromatic N) is 2. The number of esters is 1. The van der Waals surface area contributed by atoms with E-state index in [1.54, 1.807) is 24.9 Å². The molecule has 0 saturated carbocycles. The number of H-pyrrole nitrogens is 1. The Morgan fingerprint density at radius 1 is 1.03 bits per heavy atom. The van der Waals surface area contributed by atoms with E-state index in [1.807, 2.05) is 66.9 Å². The third-order valence-corrected chi connectivity index (χ3v) is 8.88. The van der Waals surface area contributed by atoms with Gasteiger partial charge in [0.05, 0.1) is 12.3 Å². The predicted molar refractivity (Wildman–Crippen MR) is 149 cm³/mol. The van der Waals surface area contributed by atoms with Crippen molar-refractivity contribution in [2.45, 2.75) is 38.1 Å². The minimum atomic E-state index is -1.40. The van der Waals surface area contributed by atoms with Crippen molar-refractivity contribution in [3.8, 4) is 0 Å². The zero-order chi connectivity index (χ0) is 27.3. The van der Waals surface area contributed by atoms with Gasteiger partial charge >= 0.3 is 5.97 Å². The highest BCUT2D eigenvalue weighted by Gasteiger charge is 2.67. The normalized spacial score (nSPS) is 21.8. The Morgan fingerprint density at radius 2 is 1.74 bits per heavy atom. The number of rotatable bonds is 3. The van der Waals surface area contributed by atoms with Crippen LogP contribution in [0.2, 0.25) is 0 Å². The van der Waals surface area contributed by atoms with E-state index in [4.69, 9.17) is 4.74 Å². The van der Waals surface area contributed by atoms with Gasteiger partial charge in [-0.3, -0.25) is 4.79 Å². The fourth-order valence-corrected chi connectivity index (χ4v) is 7.32. The number of amides is 1. The molecule has 0 fully saturated rings. The smallest absolute Gasteiger partial charge is 0.338 e. The number of para-hydroxylation sites is 2. The van der Waals surface area contributed by atoms with Crippen LogP contribution < -0.4 is 4.90 Å². The molecule has 7 heteroatoms. The van der Waals surface area contributed by atoms with Gasteiger partial charge in [0.15, 0.2) is 5.54 Å². The maximum atomic E-state index is 14.9. The summed E-state index contributed by atoms with van der Waals surface area (Å²) in [5.41, 5.74) is 3.45. The van der Waals surface area contributed by atoms with Crippen molar-refractivity contribution >= 4 is 39.4 Å². The average molecular weight is 522 g/mol. The van der Waals surface area contributed by atoms with Gasteiger partial charge in [-0.15, -0.1) is 0 Å².